The first-order valence-electron chi connectivity index (χ1n) is 4.60. The molecule has 1 aromatic heterocycles. The van der Waals surface area contributed by atoms with E-state index in [1.165, 1.54) is 15.3 Å². The molecule has 0 aliphatic carbocycles. The van der Waals surface area contributed by atoms with E-state index in [2.05, 4.69) is 31.2 Å². The number of hydrogen-bond donors (Lipinski definition) is 0. The molecule has 0 saturated heterocycles. The average molecular weight is 429 g/mol. The van der Waals surface area contributed by atoms with Crippen molar-refractivity contribution in [1.29, 1.82) is 0 Å². The third kappa shape index (κ3) is 3.39. The molecule has 0 amide bonds. The van der Waals surface area contributed by atoms with Crippen molar-refractivity contribution in [3.8, 4) is 10.4 Å². The van der Waals surface area contributed by atoms with Crippen molar-refractivity contribution in [3.05, 3.63) is 52.6 Å². The van der Waals surface area contributed by atoms with Crippen molar-refractivity contribution < 1.29 is 44.1 Å². The summed E-state index contributed by atoms with van der Waals surface area (Å²) in [6, 6.07) is 12.5. The fourth-order valence-corrected chi connectivity index (χ4v) is 2.29. The summed E-state index contributed by atoms with van der Waals surface area (Å²) in [6.45, 7) is 2.47. The number of nitrogens with one attached hydrogen (secondary N) is 1. The summed E-state index contributed by atoms with van der Waals surface area (Å²) in [5.41, 5.74) is 9.62. The van der Waals surface area contributed by atoms with Crippen LogP contribution in [0.2, 0.25) is 0 Å². The fraction of sp³-hybridized carbons (Fsp3) is 0.167. The Hall–Kier alpha value is 0.322. The van der Waals surface area contributed by atoms with Crippen LogP contribution in [-0.4, -0.2) is 0 Å². The third-order valence-electron chi connectivity index (χ3n) is 2.16. The first kappa shape index (κ1) is 13.4. The Morgan fingerprint density at radius 3 is 2.60 bits per heavy atom. The first-order valence-corrected chi connectivity index (χ1v) is 5.41. The van der Waals surface area contributed by atoms with Gasteiger partial charge in [-0.2, -0.15) is 0 Å². The molecule has 1 heterocycles. The van der Waals surface area contributed by atoms with E-state index >= 15 is 0 Å². The molecule has 3 heteroatoms. The minimum absolute atomic E-state index is 0. The number of thiophene rings is 1. The molecule has 0 fully saturated rings. The maximum absolute atomic E-state index is 7.31. The Kier molecular flexibility index (Phi) is 5.49. The maximum atomic E-state index is 7.31. The summed E-state index contributed by atoms with van der Waals surface area (Å²) in [6.07, 6.45) is 0. The van der Waals surface area contributed by atoms with Crippen LogP contribution in [0.4, 0.5) is 0 Å². The van der Waals surface area contributed by atoms with Crippen LogP contribution in [0.5, 0.6) is 0 Å². The quantitative estimate of drug-likeness (QED) is 0.681. The summed E-state index contributed by atoms with van der Waals surface area (Å²) in [5, 5.41) is 0. The third-order valence-corrected chi connectivity index (χ3v) is 3.21. The second-order valence-corrected chi connectivity index (χ2v) is 4.58. The topological polar surface area (TPSA) is 23.8 Å². The summed E-state index contributed by atoms with van der Waals surface area (Å²) in [7, 11) is 0. The van der Waals surface area contributed by atoms with E-state index in [9.17, 15) is 0 Å². The van der Waals surface area contributed by atoms with Gasteiger partial charge < -0.3 is 5.73 Å². The van der Waals surface area contributed by atoms with Crippen molar-refractivity contribution in [2.75, 3.05) is 0 Å². The molecule has 0 aliphatic rings. The van der Waals surface area contributed by atoms with Crippen LogP contribution in [0.15, 0.2) is 36.4 Å². The Bertz CT molecular complexity index is 437. The monoisotopic (exact) mass is 429 g/mol. The normalized spacial score (nSPS) is 9.73. The van der Waals surface area contributed by atoms with Crippen LogP contribution in [0, 0.1) is 51.0 Å². The average Bonchev–Trinajstić information content (AvgIpc) is 2.65. The van der Waals surface area contributed by atoms with Crippen molar-refractivity contribution in [3.63, 3.8) is 0 Å². The smallest absolute Gasteiger partial charge is 0.0345 e. The van der Waals surface area contributed by atoms with Gasteiger partial charge in [0.2, 0.25) is 0 Å². The molecule has 2 rings (SSSR count). The van der Waals surface area contributed by atoms with Gasteiger partial charge in [-0.3, -0.25) is 0 Å². The molecule has 0 spiro atoms. The van der Waals surface area contributed by atoms with Gasteiger partial charge >= 0.3 is 0 Å². The van der Waals surface area contributed by atoms with Crippen molar-refractivity contribution in [2.24, 2.45) is 0 Å². The van der Waals surface area contributed by atoms with Gasteiger partial charge in [0.25, 0.3) is 0 Å². The maximum Gasteiger partial charge on any atom is 0.0345 e. The minimum Gasteiger partial charge on any atom is -0.674 e. The van der Waals surface area contributed by atoms with Crippen LogP contribution < -0.4 is 0 Å². The molecular weight excluding hydrogens is 417 g/mol. The van der Waals surface area contributed by atoms with Gasteiger partial charge in [0.15, 0.2) is 0 Å². The molecule has 0 unspecified atom stereocenters. The van der Waals surface area contributed by atoms with Crippen LogP contribution in [-0.2, 0) is 6.54 Å². The van der Waals surface area contributed by atoms with Crippen LogP contribution in [0.3, 0.4) is 0 Å². The molecule has 0 bridgehead atoms. The largest absolute Gasteiger partial charge is 0.674 e. The second-order valence-electron chi connectivity index (χ2n) is 3.29. The number of aryl methyl sites for hydroxylation is 1. The van der Waals surface area contributed by atoms with Gasteiger partial charge in [0.05, 0.1) is 0 Å². The van der Waals surface area contributed by atoms with E-state index in [-0.39, 0.29) is 44.1 Å². The molecule has 1 aromatic carbocycles. The summed E-state index contributed by atoms with van der Waals surface area (Å²) in [5.74, 6) is 0. The Morgan fingerprint density at radius 1 is 1.20 bits per heavy atom. The van der Waals surface area contributed by atoms with Crippen molar-refractivity contribution >= 4 is 11.3 Å². The molecule has 75 valence electrons. The Balaban J connectivity index is 0.00000112. The van der Waals surface area contributed by atoms with Crippen molar-refractivity contribution in [1.82, 2.24) is 0 Å². The summed E-state index contributed by atoms with van der Waals surface area (Å²) >= 11 is 1.80. The predicted octanol–water partition coefficient (Wildman–Crippen LogP) is 4.28. The summed E-state index contributed by atoms with van der Waals surface area (Å²) in [4.78, 5) is 2.62. The Morgan fingerprint density at radius 2 is 2.00 bits per heavy atom. The van der Waals surface area contributed by atoms with E-state index < -0.39 is 0 Å². The van der Waals surface area contributed by atoms with E-state index in [4.69, 9.17) is 5.73 Å². The fourth-order valence-electron chi connectivity index (χ4n) is 1.42. The molecule has 1 radical (unpaired) electrons. The molecular formula is C12H12AcNS-. The molecule has 0 aliphatic heterocycles. The van der Waals surface area contributed by atoms with Gasteiger partial charge in [-0.15, -0.1) is 17.9 Å². The molecule has 0 atom stereocenters. The number of hydrogen-bond acceptors (Lipinski definition) is 1. The van der Waals surface area contributed by atoms with Crippen LogP contribution in [0.25, 0.3) is 16.2 Å². The zero-order valence-electron chi connectivity index (χ0n) is 8.66. The molecule has 15 heavy (non-hydrogen) atoms. The van der Waals surface area contributed by atoms with E-state index in [1.54, 1.807) is 11.3 Å². The Labute approximate surface area is 130 Å². The number of rotatable bonds is 2. The molecule has 1 nitrogen and oxygen atoms in total. The number of benzene rings is 1. The van der Waals surface area contributed by atoms with Crippen molar-refractivity contribution in [2.45, 2.75) is 13.5 Å². The second kappa shape index (κ2) is 6.15. The van der Waals surface area contributed by atoms with E-state index in [0.29, 0.717) is 6.54 Å². The van der Waals surface area contributed by atoms with E-state index in [0.717, 1.165) is 5.56 Å². The zero-order valence-corrected chi connectivity index (χ0v) is 14.2. The summed E-state index contributed by atoms with van der Waals surface area (Å²) < 4.78 is 0. The molecule has 1 N–H and O–H groups in total. The van der Waals surface area contributed by atoms with Gasteiger partial charge in [0.1, 0.15) is 0 Å². The molecule has 2 aromatic rings. The molecule has 0 saturated carbocycles. The predicted molar refractivity (Wildman–Crippen MR) is 62.5 cm³/mol. The van der Waals surface area contributed by atoms with Gasteiger partial charge in [-0.1, -0.05) is 29.8 Å². The van der Waals surface area contributed by atoms with Crippen LogP contribution in [0.1, 0.15) is 10.4 Å². The van der Waals surface area contributed by atoms with Gasteiger partial charge in [0, 0.05) is 53.8 Å². The zero-order chi connectivity index (χ0) is 9.97. The van der Waals surface area contributed by atoms with E-state index in [1.807, 2.05) is 12.1 Å². The van der Waals surface area contributed by atoms with Crippen LogP contribution >= 0.6 is 11.3 Å². The van der Waals surface area contributed by atoms with Gasteiger partial charge in [-0.05, 0) is 24.6 Å². The standard InChI is InChI=1S/C12H12NS.Ac/c1-9-5-6-12(14-9)11-4-2-3-10(7-11)8-13;/h2-7,13H,8H2,1H3;/q-1;. The SMILES string of the molecule is Cc1ccc(-c2cccc(C[NH-])c2)s1.[Ac]. The minimum atomic E-state index is 0. The first-order chi connectivity index (χ1) is 6.79. The van der Waals surface area contributed by atoms with Gasteiger partial charge in [-0.25, -0.2) is 0 Å².